The molecule has 1 heterocycles. The first-order chi connectivity index (χ1) is 10.2. The van der Waals surface area contributed by atoms with E-state index in [1.165, 1.54) is 0 Å². The van der Waals surface area contributed by atoms with Crippen molar-refractivity contribution in [2.24, 2.45) is 10.9 Å². The maximum absolute atomic E-state index is 12.0. The fourth-order valence-electron chi connectivity index (χ4n) is 2.09. The van der Waals surface area contributed by atoms with Gasteiger partial charge in [-0.1, -0.05) is 0 Å². The van der Waals surface area contributed by atoms with E-state index in [1.807, 2.05) is 39.8 Å². The van der Waals surface area contributed by atoms with Crippen molar-refractivity contribution >= 4 is 29.8 Å². The van der Waals surface area contributed by atoms with Crippen LogP contribution in [0.15, 0.2) is 4.99 Å². The molecular weight excluding hydrogens is 300 g/mol. The van der Waals surface area contributed by atoms with Crippen LogP contribution in [0, 0.1) is 5.92 Å². The Morgan fingerprint density at radius 2 is 2.00 bits per heavy atom. The van der Waals surface area contributed by atoms with Crippen molar-refractivity contribution in [1.29, 1.82) is 0 Å². The van der Waals surface area contributed by atoms with Gasteiger partial charge in [-0.15, -0.1) is 0 Å². The largest absolute Gasteiger partial charge is 0.444 e. The molecule has 0 aromatic carbocycles. The Balaban J connectivity index is 2.28. The van der Waals surface area contributed by atoms with Gasteiger partial charge in [-0.25, -0.2) is 9.79 Å². The highest BCUT2D eigenvalue weighted by atomic mass is 32.1. The molecule has 0 unspecified atom stereocenters. The van der Waals surface area contributed by atoms with Crippen LogP contribution in [0.25, 0.3) is 0 Å². The lowest BCUT2D eigenvalue weighted by Gasteiger charge is -2.33. The lowest BCUT2D eigenvalue weighted by molar-refractivity contribution is 0.0185. The first kappa shape index (κ1) is 18.7. The van der Waals surface area contributed by atoms with E-state index in [0.29, 0.717) is 11.0 Å². The number of rotatable bonds is 3. The number of hydrogen-bond donors (Lipinski definition) is 1. The van der Waals surface area contributed by atoms with Crippen LogP contribution < -0.4 is 5.32 Å². The summed E-state index contributed by atoms with van der Waals surface area (Å²) in [5, 5.41) is 3.67. The molecule has 1 aliphatic heterocycles. The summed E-state index contributed by atoms with van der Waals surface area (Å²) in [5.41, 5.74) is -0.438. The van der Waals surface area contributed by atoms with Crippen LogP contribution in [0.3, 0.4) is 0 Å². The van der Waals surface area contributed by atoms with Crippen molar-refractivity contribution in [3.05, 3.63) is 0 Å². The maximum Gasteiger partial charge on any atom is 0.410 e. The third kappa shape index (κ3) is 7.59. The van der Waals surface area contributed by atoms with Gasteiger partial charge in [0.1, 0.15) is 5.60 Å². The average Bonchev–Trinajstić information content (AvgIpc) is 2.41. The zero-order valence-corrected chi connectivity index (χ0v) is 15.1. The molecule has 1 rings (SSSR count). The smallest absolute Gasteiger partial charge is 0.410 e. The molecular formula is C15H28N4O2S. The third-order valence-corrected chi connectivity index (χ3v) is 3.46. The van der Waals surface area contributed by atoms with E-state index in [4.69, 9.17) is 17.0 Å². The topological polar surface area (TPSA) is 57.2 Å². The van der Waals surface area contributed by atoms with Gasteiger partial charge in [-0.3, -0.25) is 0 Å². The quantitative estimate of drug-likeness (QED) is 0.488. The van der Waals surface area contributed by atoms with E-state index >= 15 is 0 Å². The molecule has 0 aliphatic carbocycles. The molecule has 0 spiro atoms. The first-order valence-corrected chi connectivity index (χ1v) is 8.04. The summed E-state index contributed by atoms with van der Waals surface area (Å²) in [7, 11) is 3.80. The van der Waals surface area contributed by atoms with Crippen molar-refractivity contribution in [1.82, 2.24) is 15.1 Å². The Bertz CT molecular complexity index is 410. The van der Waals surface area contributed by atoms with Gasteiger partial charge in [0, 0.05) is 33.7 Å². The van der Waals surface area contributed by atoms with E-state index < -0.39 is 5.60 Å². The molecule has 1 fully saturated rings. The van der Waals surface area contributed by atoms with E-state index in [-0.39, 0.29) is 6.09 Å². The number of carbonyl (C=O) groups is 1. The Hall–Kier alpha value is -1.37. The van der Waals surface area contributed by atoms with Crippen molar-refractivity contribution in [3.63, 3.8) is 0 Å². The van der Waals surface area contributed by atoms with Gasteiger partial charge in [-0.05, 0) is 51.7 Å². The van der Waals surface area contributed by atoms with Gasteiger partial charge in [0.05, 0.1) is 6.34 Å². The minimum atomic E-state index is -0.438. The van der Waals surface area contributed by atoms with E-state index in [2.05, 4.69) is 10.3 Å². The maximum atomic E-state index is 12.0. The Morgan fingerprint density at radius 3 is 2.50 bits per heavy atom. The predicted molar refractivity (Wildman–Crippen MR) is 93.3 cm³/mol. The zero-order valence-electron chi connectivity index (χ0n) is 14.3. The van der Waals surface area contributed by atoms with E-state index in [1.54, 1.807) is 11.2 Å². The van der Waals surface area contributed by atoms with Crippen molar-refractivity contribution in [3.8, 4) is 0 Å². The van der Waals surface area contributed by atoms with Gasteiger partial charge < -0.3 is 19.9 Å². The number of ether oxygens (including phenoxy) is 1. The monoisotopic (exact) mass is 328 g/mol. The number of aliphatic imine (C=N–C) groups is 1. The number of amides is 1. The second kappa shape index (κ2) is 8.31. The molecule has 0 atom stereocenters. The van der Waals surface area contributed by atoms with Crippen LogP contribution in [0.5, 0.6) is 0 Å². The Kier molecular flexibility index (Phi) is 7.06. The number of carbonyl (C=O) groups excluding carboxylic acids is 1. The lowest BCUT2D eigenvalue weighted by atomic mass is 9.97. The first-order valence-electron chi connectivity index (χ1n) is 7.64. The molecule has 0 bridgehead atoms. The summed E-state index contributed by atoms with van der Waals surface area (Å²) in [6.45, 7) is 7.92. The van der Waals surface area contributed by atoms with Crippen LogP contribution >= 0.6 is 12.2 Å². The third-order valence-electron chi connectivity index (χ3n) is 3.21. The van der Waals surface area contributed by atoms with Gasteiger partial charge in [0.15, 0.2) is 5.11 Å². The summed E-state index contributed by atoms with van der Waals surface area (Å²) in [5.74, 6) is 0.506. The molecule has 126 valence electrons. The van der Waals surface area contributed by atoms with Crippen LogP contribution in [-0.4, -0.2) is 66.7 Å². The van der Waals surface area contributed by atoms with Gasteiger partial charge >= 0.3 is 6.09 Å². The normalized spacial score (nSPS) is 16.7. The van der Waals surface area contributed by atoms with Gasteiger partial charge in [0.2, 0.25) is 0 Å². The standard InChI is InChI=1S/C15H28N4O2S/c1-15(2,3)21-14(20)19-8-6-12(7-9-19)10-16-13(22)17-11-18(4)5/h11-12H,6-10H2,1-5H3,(H,16,22). The summed E-state index contributed by atoms with van der Waals surface area (Å²) < 4.78 is 5.39. The van der Waals surface area contributed by atoms with Crippen LogP contribution in [-0.2, 0) is 4.74 Å². The van der Waals surface area contributed by atoms with Gasteiger partial charge in [-0.2, -0.15) is 0 Å². The molecule has 0 saturated carbocycles. The minimum Gasteiger partial charge on any atom is -0.444 e. The molecule has 6 nitrogen and oxygen atoms in total. The molecule has 0 aromatic heterocycles. The fraction of sp³-hybridized carbons (Fsp3) is 0.800. The average molecular weight is 328 g/mol. The van der Waals surface area contributed by atoms with Crippen LogP contribution in [0.4, 0.5) is 4.79 Å². The molecule has 1 aliphatic rings. The summed E-state index contributed by atoms with van der Waals surface area (Å²) >= 11 is 5.15. The molecule has 0 aromatic rings. The number of thiocarbonyl (C=S) groups is 1. The Labute approximate surface area is 138 Å². The number of hydrogen-bond acceptors (Lipinski definition) is 3. The van der Waals surface area contributed by atoms with Gasteiger partial charge in [0.25, 0.3) is 0 Å². The van der Waals surface area contributed by atoms with Crippen LogP contribution in [0.2, 0.25) is 0 Å². The van der Waals surface area contributed by atoms with E-state index in [9.17, 15) is 4.79 Å². The lowest BCUT2D eigenvalue weighted by Crippen LogP contribution is -2.43. The highest BCUT2D eigenvalue weighted by molar-refractivity contribution is 7.80. The van der Waals surface area contributed by atoms with Crippen LogP contribution in [0.1, 0.15) is 33.6 Å². The molecule has 22 heavy (non-hydrogen) atoms. The summed E-state index contributed by atoms with van der Waals surface area (Å²) in [4.78, 5) is 19.7. The van der Waals surface area contributed by atoms with Crippen molar-refractivity contribution in [2.75, 3.05) is 33.7 Å². The number of nitrogens with one attached hydrogen (secondary N) is 1. The summed E-state index contributed by atoms with van der Waals surface area (Å²) in [6.07, 6.45) is 3.36. The number of piperidine rings is 1. The SMILES string of the molecule is CN(C)C=NC(=S)NCC1CCN(C(=O)OC(C)(C)C)CC1. The molecule has 7 heteroatoms. The fourth-order valence-corrected chi connectivity index (χ4v) is 2.22. The number of likely N-dealkylation sites (tertiary alicyclic amines) is 1. The Morgan fingerprint density at radius 1 is 1.41 bits per heavy atom. The second-order valence-electron chi connectivity index (χ2n) is 6.81. The highest BCUT2D eigenvalue weighted by Crippen LogP contribution is 2.19. The molecule has 0 radical (unpaired) electrons. The zero-order chi connectivity index (χ0) is 16.8. The second-order valence-corrected chi connectivity index (χ2v) is 7.19. The molecule has 1 N–H and O–H groups in total. The molecule has 1 saturated heterocycles. The molecule has 1 amide bonds. The summed E-state index contributed by atoms with van der Waals surface area (Å²) in [6, 6.07) is 0. The minimum absolute atomic E-state index is 0.218. The predicted octanol–water partition coefficient (Wildman–Crippen LogP) is 2.10. The van der Waals surface area contributed by atoms with Crippen molar-refractivity contribution < 1.29 is 9.53 Å². The van der Waals surface area contributed by atoms with E-state index in [0.717, 1.165) is 32.5 Å². The number of nitrogens with zero attached hydrogens (tertiary/aromatic N) is 3. The van der Waals surface area contributed by atoms with Crippen molar-refractivity contribution in [2.45, 2.75) is 39.2 Å². The highest BCUT2D eigenvalue weighted by Gasteiger charge is 2.26.